The molecule has 0 bridgehead atoms. The van der Waals surface area contributed by atoms with Crippen LogP contribution in [0.2, 0.25) is 0 Å². The van der Waals surface area contributed by atoms with Crippen molar-refractivity contribution in [3.8, 4) is 0 Å². The summed E-state index contributed by atoms with van der Waals surface area (Å²) >= 11 is 0. The standard InChI is InChI=1S/C53H74N16O10/c1-29(2)44(51(78)61-27-41(54)70)69-52(79)45(30(3)4)68-47(74)37-18-19-42(71)58-20-11-17-43(72)63-40(24-33-26-57-28-62-33)50(77)66-38(22-31-12-6-5-7-13-31)48(75)64-36(16-10-21-59-53(55)56)46(73)67-39(49(76)65-37)23-32-25-60-35-15-9-8-14-34(32)35/h5-9,12-15,25-26,28-30,36-40,44-45,60H,10-11,16-24,27H2,1-4H3,(H2,54,70)(H,57,62)(H,58,71)(H,61,78)(H,63,72)(H,64,75)(H,65,76)(H,66,77)(H,67,73)(H,68,74)(H,69,79)(H4,55,56,59)/t36-,37-,38-,39-,40-,44-,45-/m0/s1. The molecule has 0 saturated carbocycles. The van der Waals surface area contributed by atoms with E-state index in [4.69, 9.17) is 17.2 Å². The Balaban J connectivity index is 1.54. The summed E-state index contributed by atoms with van der Waals surface area (Å²) in [4.78, 5) is 153. The SMILES string of the molecule is CC(C)[C@H](NC(=O)[C@@H]1CCC(=O)NCCCC(=O)N[C@@H](Cc2cnc[nH]2)C(=O)N[C@@H](Cc2ccccc2)C(=O)N[C@@H](CCCN=C(N)N)C(=O)N[C@@H](Cc2c[nH]c3ccccc23)C(=O)N1)C(=O)N[C@H](C(=O)NCC(N)=O)C(C)C. The number of primary amides is 1. The number of aromatic amines is 2. The minimum absolute atomic E-state index is 0.00229. The maximum atomic E-state index is 14.9. The van der Waals surface area contributed by atoms with Gasteiger partial charge in [-0.2, -0.15) is 0 Å². The van der Waals surface area contributed by atoms with E-state index in [9.17, 15) is 47.9 Å². The van der Waals surface area contributed by atoms with Crippen LogP contribution in [0, 0.1) is 11.8 Å². The van der Waals surface area contributed by atoms with Crippen molar-refractivity contribution in [1.82, 2.24) is 62.8 Å². The molecule has 1 aliphatic rings. The number of aromatic nitrogens is 3. The first-order valence-electron chi connectivity index (χ1n) is 26.2. The van der Waals surface area contributed by atoms with Gasteiger partial charge < -0.3 is 75.0 Å². The lowest BCUT2D eigenvalue weighted by atomic mass is 9.98. The highest BCUT2D eigenvalue weighted by Crippen LogP contribution is 2.20. The minimum atomic E-state index is -1.53. The average molecular weight is 1100 g/mol. The van der Waals surface area contributed by atoms with Crippen LogP contribution in [0.3, 0.4) is 0 Å². The molecule has 426 valence electrons. The topological polar surface area (TPSA) is 414 Å². The number of hydrogen-bond donors (Lipinski definition) is 14. The fraction of sp³-hybridized carbons (Fsp3) is 0.472. The van der Waals surface area contributed by atoms with E-state index in [-0.39, 0.29) is 76.8 Å². The van der Waals surface area contributed by atoms with Crippen LogP contribution in [-0.2, 0) is 67.2 Å². The van der Waals surface area contributed by atoms with Crippen LogP contribution in [0.4, 0.5) is 0 Å². The monoisotopic (exact) mass is 1090 g/mol. The highest BCUT2D eigenvalue weighted by Gasteiger charge is 2.36. The quantitative estimate of drug-likeness (QED) is 0.0274. The van der Waals surface area contributed by atoms with E-state index in [1.807, 2.05) is 18.2 Å². The molecule has 4 aromatic rings. The van der Waals surface area contributed by atoms with Gasteiger partial charge in [0.05, 0.1) is 12.9 Å². The van der Waals surface area contributed by atoms with Crippen LogP contribution in [0.5, 0.6) is 0 Å². The summed E-state index contributed by atoms with van der Waals surface area (Å²) in [7, 11) is 0. The van der Waals surface area contributed by atoms with Gasteiger partial charge >= 0.3 is 0 Å². The number of amides is 10. The average Bonchev–Trinajstić information content (AvgIpc) is 4.14. The van der Waals surface area contributed by atoms with Crippen LogP contribution >= 0.6 is 0 Å². The summed E-state index contributed by atoms with van der Waals surface area (Å²) in [5.74, 6) is -8.77. The number of nitrogens with two attached hydrogens (primary N) is 3. The molecular weight excluding hydrogens is 1020 g/mol. The second-order valence-corrected chi connectivity index (χ2v) is 20.0. The molecule has 0 radical (unpaired) electrons. The summed E-state index contributed by atoms with van der Waals surface area (Å²) in [6.07, 6.45) is 3.67. The third-order valence-electron chi connectivity index (χ3n) is 13.0. The number of carbonyl (C=O) groups excluding carboxylic acids is 10. The number of carbonyl (C=O) groups is 10. The zero-order valence-electron chi connectivity index (χ0n) is 44.8. The van der Waals surface area contributed by atoms with Crippen LogP contribution in [0.15, 0.2) is 78.3 Å². The Morgan fingerprint density at radius 2 is 1.30 bits per heavy atom. The zero-order valence-corrected chi connectivity index (χ0v) is 44.8. The fourth-order valence-electron chi connectivity index (χ4n) is 8.70. The largest absolute Gasteiger partial charge is 0.370 e. The molecule has 1 fully saturated rings. The number of hydrogen-bond acceptors (Lipinski definition) is 12. The Bertz CT molecular complexity index is 2780. The minimum Gasteiger partial charge on any atom is -0.370 e. The van der Waals surface area contributed by atoms with Crippen molar-refractivity contribution in [3.05, 3.63) is 90.1 Å². The molecule has 3 heterocycles. The molecule has 1 aliphatic heterocycles. The van der Waals surface area contributed by atoms with E-state index in [0.717, 1.165) is 5.52 Å². The second-order valence-electron chi connectivity index (χ2n) is 20.0. The number of rotatable bonds is 19. The number of H-pyrrole nitrogens is 2. The molecule has 2 aromatic heterocycles. The van der Waals surface area contributed by atoms with Crippen molar-refractivity contribution in [2.75, 3.05) is 19.6 Å². The smallest absolute Gasteiger partial charge is 0.243 e. The van der Waals surface area contributed by atoms with Crippen LogP contribution in [0.1, 0.15) is 83.0 Å². The van der Waals surface area contributed by atoms with Gasteiger partial charge in [0.2, 0.25) is 59.1 Å². The number of aliphatic imine (C=N–C) groups is 1. The second kappa shape index (κ2) is 30.2. The van der Waals surface area contributed by atoms with Crippen molar-refractivity contribution in [2.45, 2.75) is 128 Å². The first kappa shape index (κ1) is 61.0. The number of para-hydroxylation sites is 1. The Morgan fingerprint density at radius 3 is 1.96 bits per heavy atom. The van der Waals surface area contributed by atoms with Crippen molar-refractivity contribution in [2.24, 2.45) is 34.0 Å². The Morgan fingerprint density at radius 1 is 0.684 bits per heavy atom. The molecule has 26 nitrogen and oxygen atoms in total. The van der Waals surface area contributed by atoms with Crippen molar-refractivity contribution in [1.29, 1.82) is 0 Å². The van der Waals surface area contributed by atoms with Gasteiger partial charge in [0, 0.05) is 74.2 Å². The lowest BCUT2D eigenvalue weighted by Crippen LogP contribution is -2.61. The molecule has 2 aromatic carbocycles. The number of nitrogens with zero attached hydrogens (tertiary/aromatic N) is 2. The number of fused-ring (bicyclic) bond motifs is 1. The van der Waals surface area contributed by atoms with Crippen molar-refractivity contribution in [3.63, 3.8) is 0 Å². The third-order valence-corrected chi connectivity index (χ3v) is 13.0. The highest BCUT2D eigenvalue weighted by atomic mass is 16.2. The van der Waals surface area contributed by atoms with E-state index in [2.05, 4.69) is 67.8 Å². The van der Waals surface area contributed by atoms with Gasteiger partial charge in [-0.05, 0) is 54.7 Å². The number of nitrogens with one attached hydrogen (secondary N) is 11. The molecule has 5 rings (SSSR count). The van der Waals surface area contributed by atoms with E-state index in [1.165, 1.54) is 12.5 Å². The number of guanidine groups is 1. The summed E-state index contributed by atoms with van der Waals surface area (Å²) in [5.41, 5.74) is 18.9. The van der Waals surface area contributed by atoms with Crippen molar-refractivity contribution < 1.29 is 47.9 Å². The molecule has 0 aliphatic carbocycles. The molecular formula is C53H74N16O10. The first-order valence-corrected chi connectivity index (χ1v) is 26.2. The summed E-state index contributed by atoms with van der Waals surface area (Å²) in [6, 6.07) is 6.64. The van der Waals surface area contributed by atoms with Crippen LogP contribution < -0.4 is 65.1 Å². The summed E-state index contributed by atoms with van der Waals surface area (Å²) in [5, 5.41) is 24.9. The number of benzene rings is 2. The molecule has 10 amide bonds. The third kappa shape index (κ3) is 19.6. The molecule has 0 spiro atoms. The predicted octanol–water partition coefficient (Wildman–Crippen LogP) is -2.03. The summed E-state index contributed by atoms with van der Waals surface area (Å²) < 4.78 is 0. The Labute approximate surface area is 456 Å². The normalized spacial score (nSPS) is 20.1. The van der Waals surface area contributed by atoms with E-state index >= 15 is 0 Å². The maximum absolute atomic E-state index is 14.9. The Kier molecular flexibility index (Phi) is 23.3. The molecule has 1 saturated heterocycles. The number of imidazole rings is 1. The van der Waals surface area contributed by atoms with E-state index in [1.54, 1.807) is 70.3 Å². The van der Waals surface area contributed by atoms with Crippen LogP contribution in [0.25, 0.3) is 10.9 Å². The predicted molar refractivity (Wildman–Crippen MR) is 291 cm³/mol. The lowest BCUT2D eigenvalue weighted by molar-refractivity contribution is -0.136. The van der Waals surface area contributed by atoms with Gasteiger partial charge in [0.15, 0.2) is 5.96 Å². The van der Waals surface area contributed by atoms with E-state index in [0.29, 0.717) is 22.2 Å². The molecule has 7 atom stereocenters. The van der Waals surface area contributed by atoms with Crippen molar-refractivity contribution >= 4 is 75.9 Å². The Hall–Kier alpha value is -8.84. The fourth-order valence-corrected chi connectivity index (χ4v) is 8.70. The van der Waals surface area contributed by atoms with Gasteiger partial charge in [0.1, 0.15) is 42.3 Å². The van der Waals surface area contributed by atoms with Gasteiger partial charge in [0.25, 0.3) is 0 Å². The maximum Gasteiger partial charge on any atom is 0.243 e. The van der Waals surface area contributed by atoms with Gasteiger partial charge in [-0.1, -0.05) is 76.2 Å². The molecule has 79 heavy (non-hydrogen) atoms. The van der Waals surface area contributed by atoms with Gasteiger partial charge in [-0.15, -0.1) is 0 Å². The summed E-state index contributed by atoms with van der Waals surface area (Å²) in [6.45, 7) is 6.17. The first-order chi connectivity index (χ1) is 37.7. The zero-order chi connectivity index (χ0) is 57.6. The molecule has 17 N–H and O–H groups in total. The lowest BCUT2D eigenvalue weighted by Gasteiger charge is -2.29. The van der Waals surface area contributed by atoms with E-state index < -0.39 is 120 Å². The van der Waals surface area contributed by atoms with Gasteiger partial charge in [-0.25, -0.2) is 4.98 Å². The highest BCUT2D eigenvalue weighted by molar-refractivity contribution is 5.99. The molecule has 26 heteroatoms. The van der Waals surface area contributed by atoms with Gasteiger partial charge in [-0.3, -0.25) is 52.9 Å². The molecule has 0 unspecified atom stereocenters. The van der Waals surface area contributed by atoms with Crippen LogP contribution in [-0.4, -0.2) is 142 Å².